The molecule has 1 aliphatic carbocycles. The summed E-state index contributed by atoms with van der Waals surface area (Å²) in [6.07, 6.45) is 5.48. The van der Waals surface area contributed by atoms with Crippen molar-refractivity contribution in [3.8, 4) is 0 Å². The Morgan fingerprint density at radius 1 is 1.08 bits per heavy atom. The fraction of sp³-hybridized carbons (Fsp3) is 0.909. The van der Waals surface area contributed by atoms with E-state index in [2.05, 4.69) is 53.0 Å². The Labute approximate surface area is 162 Å². The van der Waals surface area contributed by atoms with E-state index in [1.165, 1.54) is 12.8 Å². The van der Waals surface area contributed by atoms with Crippen molar-refractivity contribution < 1.29 is 14.6 Å². The van der Waals surface area contributed by atoms with E-state index < -0.39 is 13.9 Å². The Hall–Kier alpha value is -0.163. The number of ether oxygens (including phenoxy) is 2. The predicted molar refractivity (Wildman–Crippen MR) is 112 cm³/mol. The van der Waals surface area contributed by atoms with Crippen LogP contribution in [0.15, 0.2) is 11.3 Å². The van der Waals surface area contributed by atoms with E-state index in [0.717, 1.165) is 32.5 Å². The van der Waals surface area contributed by atoms with Gasteiger partial charge in [0, 0.05) is 18.4 Å². The highest BCUT2D eigenvalue weighted by molar-refractivity contribution is 6.81. The molecule has 0 amide bonds. The Morgan fingerprint density at radius 2 is 1.69 bits per heavy atom. The van der Waals surface area contributed by atoms with E-state index >= 15 is 0 Å². The first kappa shape index (κ1) is 22.1. The van der Waals surface area contributed by atoms with Gasteiger partial charge in [-0.05, 0) is 50.4 Å². The predicted octanol–water partition coefficient (Wildman–Crippen LogP) is 5.40. The van der Waals surface area contributed by atoms with Gasteiger partial charge in [0.1, 0.15) is 0 Å². The minimum absolute atomic E-state index is 0.118. The second-order valence-corrected chi connectivity index (χ2v) is 15.8. The minimum atomic E-state index is -1.30. The Balaban J connectivity index is 2.11. The average molecular weight is 383 g/mol. The maximum atomic E-state index is 9.55. The second kappa shape index (κ2) is 8.46. The van der Waals surface area contributed by atoms with Crippen LogP contribution in [0.5, 0.6) is 0 Å². The van der Waals surface area contributed by atoms with Gasteiger partial charge >= 0.3 is 0 Å². The number of aliphatic hydroxyl groups is 1. The molecule has 0 spiro atoms. The summed E-state index contributed by atoms with van der Waals surface area (Å²) in [6, 6.07) is 0. The molecule has 1 N–H and O–H groups in total. The van der Waals surface area contributed by atoms with Crippen LogP contribution >= 0.6 is 0 Å². The molecule has 1 aliphatic heterocycles. The average Bonchev–Trinajstić information content (AvgIpc) is 2.52. The third kappa shape index (κ3) is 6.18. The molecular weight excluding hydrogens is 340 g/mol. The standard InChI is InChI=1S/C22H42O3Si/c1-17-8-9-18(11-13-23)20(14-26(5,6)7)19(17)10-12-22(4)24-15-21(2,3)16-25-22/h14,17-19,23H,8-13,15-16H2,1-7H3/b20-14-/t17-,18+,19+/m1/s1. The summed E-state index contributed by atoms with van der Waals surface area (Å²) in [6.45, 7) is 18.0. The van der Waals surface area contributed by atoms with Gasteiger partial charge in [0.2, 0.25) is 0 Å². The van der Waals surface area contributed by atoms with E-state index in [-0.39, 0.29) is 5.41 Å². The normalized spacial score (nSPS) is 33.4. The van der Waals surface area contributed by atoms with Gasteiger partial charge < -0.3 is 14.6 Å². The van der Waals surface area contributed by atoms with Crippen molar-refractivity contribution in [3.05, 3.63) is 11.3 Å². The van der Waals surface area contributed by atoms with Crippen LogP contribution in [0.3, 0.4) is 0 Å². The van der Waals surface area contributed by atoms with Gasteiger partial charge in [0.15, 0.2) is 5.79 Å². The lowest BCUT2D eigenvalue weighted by molar-refractivity contribution is -0.293. The minimum Gasteiger partial charge on any atom is -0.396 e. The van der Waals surface area contributed by atoms with Gasteiger partial charge in [-0.2, -0.15) is 0 Å². The van der Waals surface area contributed by atoms with Crippen molar-refractivity contribution in [2.75, 3.05) is 19.8 Å². The zero-order chi connectivity index (χ0) is 19.6. The van der Waals surface area contributed by atoms with Crippen LogP contribution in [0.1, 0.15) is 59.8 Å². The molecule has 2 aliphatic rings. The smallest absolute Gasteiger partial charge is 0.165 e. The second-order valence-electron chi connectivity index (χ2n) is 10.8. The van der Waals surface area contributed by atoms with Crippen molar-refractivity contribution in [2.45, 2.75) is 85.2 Å². The molecule has 3 nitrogen and oxygen atoms in total. The fourth-order valence-corrected chi connectivity index (χ4v) is 5.90. The SMILES string of the molecule is C[C@@H]1CC[C@@H](CCO)/C(=C/[Si](C)(C)C)[C@H]1CCC1(C)OCC(C)(C)CO1. The Bertz CT molecular complexity index is 482. The fourth-order valence-electron chi connectivity index (χ4n) is 4.45. The molecule has 0 aromatic heterocycles. The van der Waals surface area contributed by atoms with Crippen LogP contribution < -0.4 is 0 Å². The molecule has 0 radical (unpaired) electrons. The Morgan fingerprint density at radius 3 is 2.23 bits per heavy atom. The van der Waals surface area contributed by atoms with E-state index in [1.807, 2.05) is 0 Å². The lowest BCUT2D eigenvalue weighted by atomic mass is 9.69. The molecule has 2 fully saturated rings. The first-order valence-corrected chi connectivity index (χ1v) is 14.1. The van der Waals surface area contributed by atoms with E-state index in [9.17, 15) is 5.11 Å². The lowest BCUT2D eigenvalue weighted by Gasteiger charge is -2.44. The van der Waals surface area contributed by atoms with Gasteiger partial charge in [-0.25, -0.2) is 0 Å². The highest BCUT2D eigenvalue weighted by Crippen LogP contribution is 2.44. The molecule has 152 valence electrons. The van der Waals surface area contributed by atoms with Gasteiger partial charge in [0.25, 0.3) is 0 Å². The maximum Gasteiger partial charge on any atom is 0.165 e. The molecule has 1 heterocycles. The number of hydrogen-bond donors (Lipinski definition) is 1. The van der Waals surface area contributed by atoms with Gasteiger partial charge in [-0.3, -0.25) is 0 Å². The summed E-state index contributed by atoms with van der Waals surface area (Å²) in [7, 11) is -1.30. The van der Waals surface area contributed by atoms with E-state index in [0.29, 0.717) is 24.4 Å². The number of allylic oxidation sites excluding steroid dienone is 1. The zero-order valence-corrected chi connectivity index (χ0v) is 19.2. The van der Waals surface area contributed by atoms with Crippen LogP contribution in [0.25, 0.3) is 0 Å². The molecule has 0 aromatic carbocycles. The molecule has 0 bridgehead atoms. The summed E-state index contributed by atoms with van der Waals surface area (Å²) in [4.78, 5) is 0. The van der Waals surface area contributed by atoms with Crippen molar-refractivity contribution in [1.82, 2.24) is 0 Å². The van der Waals surface area contributed by atoms with Crippen LogP contribution in [0, 0.1) is 23.2 Å². The van der Waals surface area contributed by atoms with Crippen molar-refractivity contribution >= 4 is 8.07 Å². The van der Waals surface area contributed by atoms with Gasteiger partial charge in [-0.15, -0.1) is 0 Å². The summed E-state index contributed by atoms with van der Waals surface area (Å²) < 4.78 is 12.3. The number of rotatable bonds is 6. The molecule has 2 rings (SSSR count). The van der Waals surface area contributed by atoms with Crippen LogP contribution in [0.4, 0.5) is 0 Å². The Kier molecular flexibility index (Phi) is 7.20. The summed E-state index contributed by atoms with van der Waals surface area (Å²) in [5.74, 6) is 1.43. The lowest BCUT2D eigenvalue weighted by Crippen LogP contribution is -2.46. The monoisotopic (exact) mass is 382 g/mol. The highest BCUT2D eigenvalue weighted by atomic mass is 28.3. The molecule has 0 aromatic rings. The van der Waals surface area contributed by atoms with E-state index in [4.69, 9.17) is 9.47 Å². The highest BCUT2D eigenvalue weighted by Gasteiger charge is 2.39. The quantitative estimate of drug-likeness (QED) is 0.625. The van der Waals surface area contributed by atoms with Gasteiger partial charge in [-0.1, -0.05) is 51.7 Å². The van der Waals surface area contributed by atoms with Crippen molar-refractivity contribution in [3.63, 3.8) is 0 Å². The first-order valence-electron chi connectivity index (χ1n) is 10.6. The summed E-state index contributed by atoms with van der Waals surface area (Å²) in [5.41, 5.74) is 4.38. The third-order valence-corrected chi connectivity index (χ3v) is 7.28. The van der Waals surface area contributed by atoms with Crippen LogP contribution in [0.2, 0.25) is 19.6 Å². The largest absolute Gasteiger partial charge is 0.396 e. The molecule has 1 saturated heterocycles. The number of hydrogen-bond acceptors (Lipinski definition) is 3. The number of aliphatic hydroxyl groups excluding tert-OH is 1. The zero-order valence-electron chi connectivity index (χ0n) is 18.2. The molecule has 1 saturated carbocycles. The molecule has 0 unspecified atom stereocenters. The third-order valence-electron chi connectivity index (χ3n) is 6.08. The molecular formula is C22H42O3Si. The van der Waals surface area contributed by atoms with E-state index in [1.54, 1.807) is 5.57 Å². The topological polar surface area (TPSA) is 38.7 Å². The first-order chi connectivity index (χ1) is 11.9. The van der Waals surface area contributed by atoms with Crippen LogP contribution in [-0.4, -0.2) is 38.8 Å². The summed E-state index contributed by atoms with van der Waals surface area (Å²) >= 11 is 0. The molecule has 26 heavy (non-hydrogen) atoms. The van der Waals surface area contributed by atoms with Gasteiger partial charge in [0.05, 0.1) is 21.3 Å². The maximum absolute atomic E-state index is 9.55. The van der Waals surface area contributed by atoms with Crippen molar-refractivity contribution in [2.24, 2.45) is 23.2 Å². The molecule has 3 atom stereocenters. The molecule has 4 heteroatoms. The summed E-state index contributed by atoms with van der Waals surface area (Å²) in [5, 5.41) is 9.55. The van der Waals surface area contributed by atoms with Crippen LogP contribution in [-0.2, 0) is 9.47 Å². The van der Waals surface area contributed by atoms with Crippen molar-refractivity contribution in [1.29, 1.82) is 0 Å².